The molecule has 47 heavy (non-hydrogen) atoms. The lowest BCUT2D eigenvalue weighted by molar-refractivity contribution is -0.265. The van der Waals surface area contributed by atoms with Crippen LogP contribution in [0.2, 0.25) is 0 Å². The molecule has 0 spiro atoms. The zero-order valence-corrected chi connectivity index (χ0v) is 28.2. The Kier molecular flexibility index (Phi) is 10.0. The van der Waals surface area contributed by atoms with Crippen molar-refractivity contribution in [2.75, 3.05) is 13.2 Å². The van der Waals surface area contributed by atoms with Crippen molar-refractivity contribution in [2.24, 2.45) is 52.1 Å². The van der Waals surface area contributed by atoms with Gasteiger partial charge in [-0.2, -0.15) is 0 Å². The monoisotopic (exact) mass is 659 g/mol. The molecule has 0 aromatic heterocycles. The van der Waals surface area contributed by atoms with E-state index >= 15 is 0 Å². The third-order valence-corrected chi connectivity index (χ3v) is 11.2. The Labute approximate surface area is 275 Å². The Hall–Kier alpha value is -3.35. The highest BCUT2D eigenvalue weighted by molar-refractivity contribution is 6.09. The van der Waals surface area contributed by atoms with Crippen LogP contribution in [0.15, 0.2) is 12.1 Å². The van der Waals surface area contributed by atoms with E-state index in [0.29, 0.717) is 11.1 Å². The second-order valence-electron chi connectivity index (χ2n) is 14.6. The maximum atomic E-state index is 14.4. The zero-order chi connectivity index (χ0) is 35.4. The van der Waals surface area contributed by atoms with Crippen LogP contribution in [0.25, 0.3) is 0 Å². The predicted octanol–water partition coefficient (Wildman–Crippen LogP) is 1.88. The largest absolute Gasteiger partial charge is 0.507 e. The van der Waals surface area contributed by atoms with Gasteiger partial charge in [-0.15, -0.1) is 0 Å². The van der Waals surface area contributed by atoms with Gasteiger partial charge in [0.2, 0.25) is 5.91 Å². The molecule has 6 N–H and O–H groups in total. The number of benzene rings is 1. The third kappa shape index (κ3) is 5.65. The van der Waals surface area contributed by atoms with E-state index in [1.807, 2.05) is 0 Å². The molecule has 260 valence electrons. The van der Waals surface area contributed by atoms with E-state index in [2.05, 4.69) is 0 Å². The first-order valence-electron chi connectivity index (χ1n) is 16.5. The SMILES string of the molecule is CCOC(=O)C(C)CC(Cc1ccc(O)c2c1C[C@]1(C)C[C@]3(C)[C@@H](C(C)C)C(O)[C@@H](C(N)=O)C(=O)[C@]3(O)C(O)[C@H]1C2=O)C(=O)OCC. The minimum absolute atomic E-state index is 0.00315. The lowest BCUT2D eigenvalue weighted by Crippen LogP contribution is -2.79. The number of phenols is 1. The molecule has 12 nitrogen and oxygen atoms in total. The van der Waals surface area contributed by atoms with Gasteiger partial charge in [-0.1, -0.05) is 40.7 Å². The summed E-state index contributed by atoms with van der Waals surface area (Å²) < 4.78 is 10.5. The van der Waals surface area contributed by atoms with Gasteiger partial charge in [-0.3, -0.25) is 24.0 Å². The van der Waals surface area contributed by atoms with Crippen LogP contribution < -0.4 is 5.73 Å². The van der Waals surface area contributed by atoms with Gasteiger partial charge in [0.15, 0.2) is 17.2 Å². The molecule has 3 aliphatic rings. The highest BCUT2D eigenvalue weighted by Gasteiger charge is 2.75. The Morgan fingerprint density at radius 3 is 2.17 bits per heavy atom. The van der Waals surface area contributed by atoms with Crippen molar-refractivity contribution in [3.8, 4) is 5.75 Å². The number of primary amides is 1. The summed E-state index contributed by atoms with van der Waals surface area (Å²) in [4.78, 5) is 66.3. The van der Waals surface area contributed by atoms with Gasteiger partial charge in [-0.05, 0) is 74.0 Å². The number of Topliss-reactive ketones (excluding diaryl/α,β-unsaturated/α-hetero) is 2. The molecular weight excluding hydrogens is 610 g/mol. The summed E-state index contributed by atoms with van der Waals surface area (Å²) in [5, 5.41) is 46.6. The van der Waals surface area contributed by atoms with Crippen molar-refractivity contribution in [2.45, 2.75) is 92.0 Å². The number of esters is 2. The lowest BCUT2D eigenvalue weighted by Gasteiger charge is -2.66. The van der Waals surface area contributed by atoms with Gasteiger partial charge in [0.05, 0.1) is 42.6 Å². The van der Waals surface area contributed by atoms with Gasteiger partial charge in [0.1, 0.15) is 17.8 Å². The standard InChI is InChI=1S/C35H49NO11/c1-8-46-31(43)17(5)12-19(32(44)47-9-2)13-18-10-11-21(37)22-20(18)14-33(6)15-34(7)24(16(3)4)27(39)23(30(36)42)28(40)35(34,45)29(41)25(33)26(22)38/h10-11,16-17,19,23-25,27,29,37,39,41,45H,8-9,12-15H2,1-7H3,(H2,36,42)/t17?,19?,23-,24+,25-,27?,29?,33-,34-,35+/m1/s1. The number of aliphatic hydroxyl groups is 3. The third-order valence-electron chi connectivity index (χ3n) is 11.2. The number of amides is 1. The van der Waals surface area contributed by atoms with Crippen molar-refractivity contribution in [3.05, 3.63) is 28.8 Å². The number of hydrogen-bond donors (Lipinski definition) is 5. The first kappa shape index (κ1) is 36.5. The molecule has 1 amide bonds. The van der Waals surface area contributed by atoms with E-state index in [9.17, 15) is 44.4 Å². The number of hydrogen-bond acceptors (Lipinski definition) is 11. The molecule has 4 rings (SSSR count). The number of fused-ring (bicyclic) bond motifs is 3. The van der Waals surface area contributed by atoms with Gasteiger partial charge >= 0.3 is 11.9 Å². The van der Waals surface area contributed by atoms with Crippen LogP contribution in [0.4, 0.5) is 0 Å². The first-order valence-corrected chi connectivity index (χ1v) is 16.5. The molecule has 4 unspecified atom stereocenters. The Balaban J connectivity index is 1.84. The van der Waals surface area contributed by atoms with Crippen LogP contribution in [0, 0.1) is 46.3 Å². The predicted molar refractivity (Wildman–Crippen MR) is 168 cm³/mol. The van der Waals surface area contributed by atoms with E-state index in [0.717, 1.165) is 0 Å². The van der Waals surface area contributed by atoms with Crippen LogP contribution in [-0.2, 0) is 41.5 Å². The summed E-state index contributed by atoms with van der Waals surface area (Å²) in [6, 6.07) is 2.94. The Morgan fingerprint density at radius 2 is 1.62 bits per heavy atom. The topological polar surface area (TPSA) is 211 Å². The average molecular weight is 660 g/mol. The molecule has 12 heteroatoms. The Morgan fingerprint density at radius 1 is 1.02 bits per heavy atom. The number of carbonyl (C=O) groups excluding carboxylic acids is 5. The number of carbonyl (C=O) groups is 5. The molecule has 0 heterocycles. The Bertz CT molecular complexity index is 1460. The van der Waals surface area contributed by atoms with Gasteiger partial charge in [-0.25, -0.2) is 0 Å². The van der Waals surface area contributed by atoms with Crippen molar-refractivity contribution in [3.63, 3.8) is 0 Å². The smallest absolute Gasteiger partial charge is 0.309 e. The minimum Gasteiger partial charge on any atom is -0.507 e. The van der Waals surface area contributed by atoms with E-state index in [1.54, 1.807) is 54.5 Å². The summed E-state index contributed by atoms with van der Waals surface area (Å²) in [5.41, 5.74) is 1.26. The summed E-state index contributed by atoms with van der Waals surface area (Å²) in [5.74, 6) is -10.1. The van der Waals surface area contributed by atoms with Crippen molar-refractivity contribution >= 4 is 29.4 Å². The van der Waals surface area contributed by atoms with Crippen LogP contribution in [0.1, 0.15) is 82.8 Å². The van der Waals surface area contributed by atoms with Gasteiger partial charge in [0.25, 0.3) is 0 Å². The minimum atomic E-state index is -2.61. The number of ether oxygens (including phenoxy) is 2. The molecule has 10 atom stereocenters. The van der Waals surface area contributed by atoms with E-state index in [1.165, 1.54) is 6.07 Å². The normalized spacial score (nSPS) is 34.5. The van der Waals surface area contributed by atoms with Crippen LogP contribution in [0.5, 0.6) is 5.75 Å². The zero-order valence-electron chi connectivity index (χ0n) is 28.2. The van der Waals surface area contributed by atoms with E-state index < -0.39 is 87.6 Å². The quantitative estimate of drug-likeness (QED) is 0.181. The molecule has 0 bridgehead atoms. The lowest BCUT2D eigenvalue weighted by atomic mass is 9.39. The maximum Gasteiger partial charge on any atom is 0.309 e. The van der Waals surface area contributed by atoms with Crippen molar-refractivity contribution in [1.82, 2.24) is 0 Å². The number of aliphatic hydroxyl groups excluding tert-OH is 2. The molecule has 1 aromatic carbocycles. The maximum absolute atomic E-state index is 14.4. The fourth-order valence-electron chi connectivity index (χ4n) is 9.38. The van der Waals surface area contributed by atoms with Gasteiger partial charge in [0, 0.05) is 5.41 Å². The molecule has 0 aliphatic heterocycles. The number of ketones is 2. The fraction of sp³-hybridized carbons (Fsp3) is 0.686. The van der Waals surface area contributed by atoms with Crippen LogP contribution in [-0.4, -0.2) is 80.9 Å². The summed E-state index contributed by atoms with van der Waals surface area (Å²) >= 11 is 0. The molecule has 2 fully saturated rings. The average Bonchev–Trinajstić information content (AvgIpc) is 2.95. The molecule has 0 saturated heterocycles. The second kappa shape index (κ2) is 12.9. The number of phenolic OH excluding ortho intramolecular Hbond substituents is 1. The number of rotatable bonds is 10. The summed E-state index contributed by atoms with van der Waals surface area (Å²) in [6.45, 7) is 12.2. The molecular formula is C35H49NO11. The van der Waals surface area contributed by atoms with Crippen LogP contribution in [0.3, 0.4) is 0 Å². The fourth-order valence-corrected chi connectivity index (χ4v) is 9.38. The molecule has 1 aromatic rings. The van der Waals surface area contributed by atoms with Gasteiger partial charge < -0.3 is 35.6 Å². The first-order chi connectivity index (χ1) is 21.8. The number of aromatic hydroxyl groups is 1. The number of nitrogens with two attached hydrogens (primary N) is 1. The second-order valence-corrected chi connectivity index (χ2v) is 14.6. The van der Waals surface area contributed by atoms with Crippen molar-refractivity contribution < 1.29 is 53.9 Å². The van der Waals surface area contributed by atoms with E-state index in [4.69, 9.17) is 15.2 Å². The highest BCUT2D eigenvalue weighted by atomic mass is 16.5. The summed E-state index contributed by atoms with van der Waals surface area (Å²) in [6.07, 6.45) is -3.22. The van der Waals surface area contributed by atoms with Crippen LogP contribution >= 0.6 is 0 Å². The van der Waals surface area contributed by atoms with E-state index in [-0.39, 0.29) is 56.1 Å². The molecule has 3 aliphatic carbocycles. The molecule has 0 radical (unpaired) electrons. The summed E-state index contributed by atoms with van der Waals surface area (Å²) in [7, 11) is 0. The molecule has 2 saturated carbocycles. The highest BCUT2D eigenvalue weighted by Crippen LogP contribution is 2.65. The van der Waals surface area contributed by atoms with Crippen molar-refractivity contribution in [1.29, 1.82) is 0 Å².